The molecular formula is C24H28F3NO2S. The van der Waals surface area contributed by atoms with Crippen LogP contribution in [0.5, 0.6) is 0 Å². The van der Waals surface area contributed by atoms with Crippen molar-refractivity contribution in [2.45, 2.75) is 44.7 Å². The molecule has 2 fully saturated rings. The van der Waals surface area contributed by atoms with Crippen LogP contribution < -0.4 is 0 Å². The fourth-order valence-electron chi connectivity index (χ4n) is 5.40. The van der Waals surface area contributed by atoms with Gasteiger partial charge in [-0.1, -0.05) is 24.3 Å². The van der Waals surface area contributed by atoms with Crippen molar-refractivity contribution in [1.29, 1.82) is 0 Å². The number of nitrogens with zero attached hydrogens (tertiary/aromatic N) is 1. The zero-order chi connectivity index (χ0) is 22.0. The Labute approximate surface area is 185 Å². The monoisotopic (exact) mass is 451 g/mol. The van der Waals surface area contributed by atoms with E-state index in [4.69, 9.17) is 0 Å². The molecule has 2 aliphatic carbocycles. The van der Waals surface area contributed by atoms with Crippen molar-refractivity contribution in [2.75, 3.05) is 18.8 Å². The highest BCUT2D eigenvalue weighted by molar-refractivity contribution is 8.03. The molecule has 1 heterocycles. The van der Waals surface area contributed by atoms with Gasteiger partial charge < -0.3 is 10.0 Å². The van der Waals surface area contributed by atoms with Crippen LogP contribution in [-0.4, -0.2) is 34.8 Å². The topological polar surface area (TPSA) is 40.5 Å². The van der Waals surface area contributed by atoms with Crippen molar-refractivity contribution >= 4 is 17.7 Å². The summed E-state index contributed by atoms with van der Waals surface area (Å²) in [6, 6.07) is 5.45. The number of thioether (sulfide) groups is 1. The largest absolute Gasteiger partial charge is 0.478 e. The van der Waals surface area contributed by atoms with Crippen molar-refractivity contribution in [3.8, 4) is 0 Å². The van der Waals surface area contributed by atoms with Crippen molar-refractivity contribution < 1.29 is 23.1 Å². The number of aryl methyl sites for hydroxylation is 1. The van der Waals surface area contributed by atoms with Crippen molar-refractivity contribution in [3.05, 3.63) is 58.1 Å². The maximum absolute atomic E-state index is 12.9. The van der Waals surface area contributed by atoms with E-state index in [1.807, 2.05) is 6.08 Å². The van der Waals surface area contributed by atoms with Gasteiger partial charge in [0.2, 0.25) is 0 Å². The Morgan fingerprint density at radius 2 is 1.87 bits per heavy atom. The van der Waals surface area contributed by atoms with Gasteiger partial charge in [0, 0.05) is 13.1 Å². The van der Waals surface area contributed by atoms with Crippen molar-refractivity contribution in [3.63, 3.8) is 0 Å². The molecule has 0 atom stereocenters. The van der Waals surface area contributed by atoms with E-state index in [0.29, 0.717) is 35.6 Å². The number of fused-ring (bicyclic) bond motifs is 2. The number of aliphatic carboxylic acids is 1. The van der Waals surface area contributed by atoms with Gasteiger partial charge >= 0.3 is 12.1 Å². The Kier molecular flexibility index (Phi) is 6.70. The molecule has 7 heteroatoms. The second kappa shape index (κ2) is 9.31. The molecule has 1 aromatic rings. The van der Waals surface area contributed by atoms with E-state index < -0.39 is 17.7 Å². The Bertz CT molecular complexity index is 860. The lowest BCUT2D eigenvalue weighted by molar-refractivity contribution is -0.137. The van der Waals surface area contributed by atoms with Gasteiger partial charge in [0.25, 0.3) is 0 Å². The second-order valence-electron chi connectivity index (χ2n) is 8.82. The van der Waals surface area contributed by atoms with Crippen LogP contribution in [-0.2, 0) is 17.4 Å². The Morgan fingerprint density at radius 1 is 1.16 bits per heavy atom. The SMILES string of the molecule is O=C(O)C1=C(SCCCc2cccc(C(F)(F)F)c2)N(CC2C3CCC2CC3)CC=C1. The van der Waals surface area contributed by atoms with Gasteiger partial charge in [-0.3, -0.25) is 0 Å². The second-order valence-corrected chi connectivity index (χ2v) is 9.90. The van der Waals surface area contributed by atoms with Gasteiger partial charge in [-0.05, 0) is 79.7 Å². The molecule has 1 N–H and O–H groups in total. The number of alkyl halides is 3. The van der Waals surface area contributed by atoms with Gasteiger partial charge in [-0.25, -0.2) is 4.79 Å². The maximum Gasteiger partial charge on any atom is 0.416 e. The number of hydrogen-bond donors (Lipinski definition) is 1. The summed E-state index contributed by atoms with van der Waals surface area (Å²) in [5.74, 6) is 1.95. The molecule has 0 saturated heterocycles. The van der Waals surface area contributed by atoms with Gasteiger partial charge in [0.1, 0.15) is 0 Å². The molecule has 31 heavy (non-hydrogen) atoms. The smallest absolute Gasteiger partial charge is 0.416 e. The summed E-state index contributed by atoms with van der Waals surface area (Å²) in [6.07, 6.45) is 5.71. The summed E-state index contributed by atoms with van der Waals surface area (Å²) >= 11 is 1.53. The van der Waals surface area contributed by atoms with Crippen LogP contribution in [0, 0.1) is 17.8 Å². The van der Waals surface area contributed by atoms with Crippen LogP contribution in [0.2, 0.25) is 0 Å². The molecule has 0 radical (unpaired) electrons. The number of benzene rings is 1. The first kappa shape index (κ1) is 22.3. The lowest BCUT2D eigenvalue weighted by Gasteiger charge is -2.33. The highest BCUT2D eigenvalue weighted by Crippen LogP contribution is 2.50. The quantitative estimate of drug-likeness (QED) is 0.494. The van der Waals surface area contributed by atoms with E-state index in [2.05, 4.69) is 4.90 Å². The summed E-state index contributed by atoms with van der Waals surface area (Å²) in [4.78, 5) is 14.0. The van der Waals surface area contributed by atoms with Crippen LogP contribution in [0.1, 0.15) is 43.2 Å². The van der Waals surface area contributed by atoms with E-state index in [0.717, 1.165) is 36.0 Å². The standard InChI is InChI=1S/C24H28F3NO2S/c25-24(26,27)19-6-1-4-16(14-19)5-3-13-31-22-20(23(29)30)7-2-12-28(22)15-21-17-8-9-18(21)11-10-17/h1-2,4,6-7,14,17-18,21H,3,5,8-13,15H2,(H,29,30). The van der Waals surface area contributed by atoms with E-state index in [1.165, 1.54) is 49.6 Å². The highest BCUT2D eigenvalue weighted by atomic mass is 32.2. The van der Waals surface area contributed by atoms with Crippen LogP contribution in [0.25, 0.3) is 0 Å². The third-order valence-electron chi connectivity index (χ3n) is 6.92. The van der Waals surface area contributed by atoms with Gasteiger partial charge in [-0.15, -0.1) is 11.8 Å². The van der Waals surface area contributed by atoms with Crippen LogP contribution in [0.3, 0.4) is 0 Å². The molecule has 0 amide bonds. The third kappa shape index (κ3) is 5.13. The zero-order valence-electron chi connectivity index (χ0n) is 17.4. The number of rotatable bonds is 8. The number of carboxylic acid groups (broad SMARTS) is 1. The van der Waals surface area contributed by atoms with Gasteiger partial charge in [-0.2, -0.15) is 13.2 Å². The summed E-state index contributed by atoms with van der Waals surface area (Å²) in [5, 5.41) is 10.5. The number of hydrogen-bond acceptors (Lipinski definition) is 3. The molecule has 1 aliphatic heterocycles. The van der Waals surface area contributed by atoms with Crippen molar-refractivity contribution in [2.24, 2.45) is 17.8 Å². The summed E-state index contributed by atoms with van der Waals surface area (Å²) in [7, 11) is 0. The van der Waals surface area contributed by atoms with E-state index in [-0.39, 0.29) is 0 Å². The maximum atomic E-state index is 12.9. The Hall–Kier alpha value is -1.89. The molecule has 4 rings (SSSR count). The lowest BCUT2D eigenvalue weighted by atomic mass is 9.97. The van der Waals surface area contributed by atoms with E-state index >= 15 is 0 Å². The minimum Gasteiger partial charge on any atom is -0.478 e. The van der Waals surface area contributed by atoms with Crippen LogP contribution in [0.4, 0.5) is 13.2 Å². The molecule has 0 unspecified atom stereocenters. The highest BCUT2D eigenvalue weighted by Gasteiger charge is 2.42. The zero-order valence-corrected chi connectivity index (χ0v) is 18.2. The summed E-state index contributed by atoms with van der Waals surface area (Å²) in [6.45, 7) is 1.63. The van der Waals surface area contributed by atoms with E-state index in [9.17, 15) is 23.1 Å². The molecule has 1 aromatic carbocycles. The number of carbonyl (C=O) groups is 1. The van der Waals surface area contributed by atoms with Gasteiger partial charge in [0.05, 0.1) is 16.2 Å². The first-order valence-corrected chi connectivity index (χ1v) is 12.0. The molecule has 0 spiro atoms. The van der Waals surface area contributed by atoms with Crippen LogP contribution >= 0.6 is 11.8 Å². The predicted octanol–water partition coefficient (Wildman–Crippen LogP) is 5.98. The van der Waals surface area contributed by atoms with E-state index in [1.54, 1.807) is 12.1 Å². The average Bonchev–Trinajstić information content (AvgIpc) is 3.30. The third-order valence-corrected chi connectivity index (χ3v) is 8.16. The fraction of sp³-hybridized carbons (Fsp3) is 0.542. The fourth-order valence-corrected chi connectivity index (χ4v) is 6.52. The number of halogens is 3. The molecule has 2 bridgehead atoms. The summed E-state index contributed by atoms with van der Waals surface area (Å²) < 4.78 is 38.7. The molecular weight excluding hydrogens is 423 g/mol. The Balaban J connectivity index is 1.38. The minimum atomic E-state index is -4.33. The lowest BCUT2D eigenvalue weighted by Crippen LogP contribution is -2.33. The van der Waals surface area contributed by atoms with Gasteiger partial charge in [0.15, 0.2) is 0 Å². The van der Waals surface area contributed by atoms with Crippen molar-refractivity contribution in [1.82, 2.24) is 4.90 Å². The molecule has 2 saturated carbocycles. The molecule has 0 aromatic heterocycles. The predicted molar refractivity (Wildman–Crippen MR) is 117 cm³/mol. The number of carboxylic acids is 1. The van der Waals surface area contributed by atoms with Crippen LogP contribution in [0.15, 0.2) is 47.0 Å². The Morgan fingerprint density at radius 3 is 2.52 bits per heavy atom. The first-order valence-electron chi connectivity index (χ1n) is 11.0. The summed E-state index contributed by atoms with van der Waals surface area (Å²) in [5.41, 5.74) is 0.370. The molecule has 168 valence electrons. The minimum absolute atomic E-state index is 0.334. The normalized spacial score (nSPS) is 25.5. The first-order chi connectivity index (χ1) is 14.8. The molecule has 3 nitrogen and oxygen atoms in total. The molecule has 3 aliphatic rings. The average molecular weight is 452 g/mol.